The van der Waals surface area contributed by atoms with Gasteiger partial charge in [-0.1, -0.05) is 56.6 Å². The van der Waals surface area contributed by atoms with E-state index in [1.807, 2.05) is 13.8 Å². The van der Waals surface area contributed by atoms with E-state index < -0.39 is 33.4 Å². The van der Waals surface area contributed by atoms with Gasteiger partial charge in [-0.15, -0.1) is 0 Å². The van der Waals surface area contributed by atoms with Crippen LogP contribution >= 0.6 is 11.6 Å². The molecule has 2 rings (SSSR count). The Hall–Kier alpha value is -3.18. The normalized spacial score (nSPS) is 12.2. The predicted molar refractivity (Wildman–Crippen MR) is 139 cm³/mol. The van der Waals surface area contributed by atoms with E-state index in [9.17, 15) is 28.1 Å². The van der Waals surface area contributed by atoms with Crippen LogP contribution in [0.3, 0.4) is 0 Å². The zero-order chi connectivity index (χ0) is 27.0. The Balaban J connectivity index is 2.47. The van der Waals surface area contributed by atoms with Gasteiger partial charge in [0.25, 0.3) is 5.69 Å². The van der Waals surface area contributed by atoms with Gasteiger partial charge >= 0.3 is 0 Å². The van der Waals surface area contributed by atoms with Crippen molar-refractivity contribution in [3.05, 3.63) is 69.2 Å². The fraction of sp³-hybridized carbons (Fsp3) is 0.417. The van der Waals surface area contributed by atoms with Gasteiger partial charge < -0.3 is 10.2 Å². The lowest BCUT2D eigenvalue weighted by Gasteiger charge is -2.33. The van der Waals surface area contributed by atoms with Crippen molar-refractivity contribution in [1.82, 2.24) is 10.2 Å². The van der Waals surface area contributed by atoms with Gasteiger partial charge in [-0.25, -0.2) is 8.42 Å². The first-order valence-electron chi connectivity index (χ1n) is 11.4. The number of non-ortho nitro benzene ring substituents is 1. The average Bonchev–Trinajstić information content (AvgIpc) is 2.81. The highest BCUT2D eigenvalue weighted by atomic mass is 35.5. The van der Waals surface area contributed by atoms with Crippen LogP contribution in [-0.4, -0.2) is 55.4 Å². The fourth-order valence-electron chi connectivity index (χ4n) is 3.53. The van der Waals surface area contributed by atoms with Crippen LogP contribution in [0.1, 0.15) is 32.8 Å². The first kappa shape index (κ1) is 29.1. The Morgan fingerprint density at radius 2 is 1.81 bits per heavy atom. The molecule has 2 amide bonds. The molecule has 0 heterocycles. The molecule has 196 valence electrons. The van der Waals surface area contributed by atoms with Crippen molar-refractivity contribution >= 4 is 44.8 Å². The summed E-state index contributed by atoms with van der Waals surface area (Å²) in [5.41, 5.74) is 0.236. The molecule has 1 atom stereocenters. The van der Waals surface area contributed by atoms with E-state index in [1.54, 1.807) is 31.2 Å². The Kier molecular flexibility index (Phi) is 10.2. The molecule has 36 heavy (non-hydrogen) atoms. The topological polar surface area (TPSA) is 130 Å². The van der Waals surface area contributed by atoms with Gasteiger partial charge in [0.1, 0.15) is 12.6 Å². The lowest BCUT2D eigenvalue weighted by Crippen LogP contribution is -2.52. The number of carbonyl (C=O) groups excluding carboxylic acids is 2. The Bertz CT molecular complexity index is 1200. The third-order valence-electron chi connectivity index (χ3n) is 5.38. The summed E-state index contributed by atoms with van der Waals surface area (Å²) in [6.45, 7) is 5.36. The number of halogens is 1. The van der Waals surface area contributed by atoms with E-state index in [2.05, 4.69) is 5.32 Å². The van der Waals surface area contributed by atoms with Crippen LogP contribution in [0.5, 0.6) is 0 Å². The van der Waals surface area contributed by atoms with E-state index in [1.165, 1.54) is 23.1 Å². The molecule has 0 unspecified atom stereocenters. The van der Waals surface area contributed by atoms with Gasteiger partial charge in [0.05, 0.1) is 16.9 Å². The minimum atomic E-state index is -4.01. The summed E-state index contributed by atoms with van der Waals surface area (Å²) in [5.74, 6) is -0.833. The lowest BCUT2D eigenvalue weighted by atomic mass is 10.1. The third kappa shape index (κ3) is 7.92. The van der Waals surface area contributed by atoms with Gasteiger partial charge in [-0.05, 0) is 30.0 Å². The van der Waals surface area contributed by atoms with Crippen LogP contribution in [0.25, 0.3) is 0 Å². The highest BCUT2D eigenvalue weighted by molar-refractivity contribution is 7.92. The monoisotopic (exact) mass is 538 g/mol. The summed E-state index contributed by atoms with van der Waals surface area (Å²) in [6.07, 6.45) is 1.18. The van der Waals surface area contributed by atoms with Crippen molar-refractivity contribution in [2.24, 2.45) is 5.92 Å². The zero-order valence-electron chi connectivity index (χ0n) is 20.7. The number of nitro benzene ring substituents is 1. The summed E-state index contributed by atoms with van der Waals surface area (Å²) in [7, 11) is -4.01. The van der Waals surface area contributed by atoms with Gasteiger partial charge in [-0.2, -0.15) is 0 Å². The van der Waals surface area contributed by atoms with Gasteiger partial charge in [0.15, 0.2) is 0 Å². The number of nitrogens with zero attached hydrogens (tertiary/aromatic N) is 3. The number of hydrogen-bond donors (Lipinski definition) is 1. The minimum Gasteiger partial charge on any atom is -0.354 e. The molecule has 2 aromatic carbocycles. The number of benzene rings is 2. The van der Waals surface area contributed by atoms with Crippen molar-refractivity contribution in [2.45, 2.75) is 39.8 Å². The van der Waals surface area contributed by atoms with Crippen LogP contribution < -0.4 is 9.62 Å². The summed E-state index contributed by atoms with van der Waals surface area (Å²) >= 11 is 6.32. The number of anilines is 1. The minimum absolute atomic E-state index is 0.0291. The molecule has 1 N–H and O–H groups in total. The second-order valence-electron chi connectivity index (χ2n) is 8.72. The first-order valence-corrected chi connectivity index (χ1v) is 13.6. The molecule has 0 aromatic heterocycles. The zero-order valence-corrected chi connectivity index (χ0v) is 22.3. The number of amides is 2. The molecular formula is C24H31ClN4O6S. The van der Waals surface area contributed by atoms with Crippen molar-refractivity contribution in [3.63, 3.8) is 0 Å². The summed E-state index contributed by atoms with van der Waals surface area (Å²) in [5, 5.41) is 14.4. The molecule has 0 aliphatic carbocycles. The molecule has 0 saturated heterocycles. The van der Waals surface area contributed by atoms with E-state index in [0.717, 1.165) is 16.6 Å². The number of rotatable bonds is 12. The van der Waals surface area contributed by atoms with Crippen LogP contribution in [0.2, 0.25) is 5.02 Å². The van der Waals surface area contributed by atoms with Crippen molar-refractivity contribution in [2.75, 3.05) is 23.7 Å². The Morgan fingerprint density at radius 1 is 1.14 bits per heavy atom. The summed E-state index contributed by atoms with van der Waals surface area (Å²) < 4.78 is 26.0. The van der Waals surface area contributed by atoms with E-state index in [4.69, 9.17) is 11.6 Å². The highest BCUT2D eigenvalue weighted by Crippen LogP contribution is 2.25. The average molecular weight is 539 g/mol. The molecule has 0 saturated carbocycles. The number of hydrogen-bond acceptors (Lipinski definition) is 6. The molecule has 10 nitrogen and oxygen atoms in total. The standard InChI is InChI=1S/C24H31ClN4O6S/c1-5-22(24(31)26-14-17(2)3)27(15-18-9-6-7-12-21(18)25)23(30)16-28(36(4,34)35)19-10-8-11-20(13-19)29(32)33/h6-13,17,22H,5,14-16H2,1-4H3,(H,26,31)/t22-/m0/s1. The molecule has 0 spiro atoms. The second kappa shape index (κ2) is 12.7. The summed E-state index contributed by atoms with van der Waals surface area (Å²) in [4.78, 5) is 38.5. The van der Waals surface area contributed by atoms with Crippen LogP contribution in [0.15, 0.2) is 48.5 Å². The first-order chi connectivity index (χ1) is 16.8. The molecule has 12 heteroatoms. The Labute approximate surface area is 216 Å². The van der Waals surface area contributed by atoms with Gasteiger partial charge in [0, 0.05) is 30.2 Å². The Morgan fingerprint density at radius 3 is 2.36 bits per heavy atom. The number of sulfonamides is 1. The van der Waals surface area contributed by atoms with Crippen molar-refractivity contribution in [3.8, 4) is 0 Å². The van der Waals surface area contributed by atoms with Gasteiger partial charge in [0.2, 0.25) is 21.8 Å². The quantitative estimate of drug-likeness (QED) is 0.324. The molecule has 0 aliphatic rings. The molecule has 0 fully saturated rings. The van der Waals surface area contributed by atoms with Crippen molar-refractivity contribution < 1.29 is 22.9 Å². The van der Waals surface area contributed by atoms with Crippen LogP contribution in [-0.2, 0) is 26.2 Å². The van der Waals surface area contributed by atoms with Gasteiger partial charge in [-0.3, -0.25) is 24.0 Å². The lowest BCUT2D eigenvalue weighted by molar-refractivity contribution is -0.384. The smallest absolute Gasteiger partial charge is 0.271 e. The van der Waals surface area contributed by atoms with Crippen LogP contribution in [0, 0.1) is 16.0 Å². The predicted octanol–water partition coefficient (Wildman–Crippen LogP) is 3.59. The van der Waals surface area contributed by atoms with Crippen LogP contribution in [0.4, 0.5) is 11.4 Å². The van der Waals surface area contributed by atoms with Crippen molar-refractivity contribution in [1.29, 1.82) is 0 Å². The molecular weight excluding hydrogens is 508 g/mol. The number of carbonyl (C=O) groups is 2. The third-order valence-corrected chi connectivity index (χ3v) is 6.89. The maximum absolute atomic E-state index is 13.6. The maximum atomic E-state index is 13.6. The fourth-order valence-corrected chi connectivity index (χ4v) is 4.56. The molecule has 0 aliphatic heterocycles. The second-order valence-corrected chi connectivity index (χ2v) is 11.0. The van der Waals surface area contributed by atoms with E-state index >= 15 is 0 Å². The molecule has 0 bridgehead atoms. The highest BCUT2D eigenvalue weighted by Gasteiger charge is 2.32. The molecule has 2 aromatic rings. The maximum Gasteiger partial charge on any atom is 0.271 e. The number of nitro groups is 1. The van der Waals surface area contributed by atoms with E-state index in [0.29, 0.717) is 17.1 Å². The number of nitrogens with one attached hydrogen (secondary N) is 1. The SMILES string of the molecule is CC[C@@H](C(=O)NCC(C)C)N(Cc1ccccc1Cl)C(=O)CN(c1cccc([N+](=O)[O-])c1)S(C)(=O)=O. The largest absolute Gasteiger partial charge is 0.354 e. The summed E-state index contributed by atoms with van der Waals surface area (Å²) in [6, 6.07) is 11.0. The molecule has 0 radical (unpaired) electrons. The van der Waals surface area contributed by atoms with E-state index in [-0.39, 0.29) is 36.2 Å².